The van der Waals surface area contributed by atoms with Gasteiger partial charge in [-0.15, -0.1) is 0 Å². The van der Waals surface area contributed by atoms with Crippen molar-refractivity contribution in [2.75, 3.05) is 20.2 Å². The van der Waals surface area contributed by atoms with E-state index in [1.165, 1.54) is 4.90 Å². The van der Waals surface area contributed by atoms with Crippen LogP contribution in [0, 0.1) is 0 Å². The predicted molar refractivity (Wildman–Crippen MR) is 77.7 cm³/mol. The summed E-state index contributed by atoms with van der Waals surface area (Å²) < 4.78 is 0. The van der Waals surface area contributed by atoms with Gasteiger partial charge in [0.15, 0.2) is 0 Å². The van der Waals surface area contributed by atoms with E-state index in [4.69, 9.17) is 11.6 Å². The molecule has 0 aliphatic rings. The van der Waals surface area contributed by atoms with Gasteiger partial charge in [0.25, 0.3) is 5.91 Å². The SMILES string of the molecule is CN(C(=O)CNC(=O)c1ccccc1Cl)C(C)(C)CO. The number of aliphatic hydroxyl groups excluding tert-OH is 1. The summed E-state index contributed by atoms with van der Waals surface area (Å²) in [5, 5.41) is 12.1. The smallest absolute Gasteiger partial charge is 0.253 e. The molecule has 0 spiro atoms. The molecule has 0 aromatic heterocycles. The van der Waals surface area contributed by atoms with Gasteiger partial charge in [0.05, 0.1) is 29.3 Å². The maximum absolute atomic E-state index is 11.9. The van der Waals surface area contributed by atoms with Crippen LogP contribution in [0.1, 0.15) is 24.2 Å². The van der Waals surface area contributed by atoms with E-state index in [0.29, 0.717) is 10.6 Å². The third-order valence-corrected chi connectivity index (χ3v) is 3.52. The highest BCUT2D eigenvalue weighted by Gasteiger charge is 2.26. The molecule has 0 heterocycles. The second kappa shape index (κ2) is 6.72. The van der Waals surface area contributed by atoms with E-state index in [1.807, 2.05) is 0 Å². The molecule has 6 heteroatoms. The van der Waals surface area contributed by atoms with E-state index in [2.05, 4.69) is 5.32 Å². The predicted octanol–water partition coefficient (Wildman–Crippen LogP) is 1.30. The van der Waals surface area contributed by atoms with Gasteiger partial charge < -0.3 is 15.3 Å². The minimum Gasteiger partial charge on any atom is -0.394 e. The van der Waals surface area contributed by atoms with Crippen LogP contribution in [0.15, 0.2) is 24.3 Å². The van der Waals surface area contributed by atoms with E-state index in [1.54, 1.807) is 45.2 Å². The number of rotatable bonds is 5. The molecule has 2 amide bonds. The van der Waals surface area contributed by atoms with Crippen molar-refractivity contribution in [1.29, 1.82) is 0 Å². The summed E-state index contributed by atoms with van der Waals surface area (Å²) in [7, 11) is 1.58. The fourth-order valence-electron chi connectivity index (χ4n) is 1.46. The molecule has 0 bridgehead atoms. The van der Waals surface area contributed by atoms with Gasteiger partial charge in [0.2, 0.25) is 5.91 Å². The number of benzene rings is 1. The van der Waals surface area contributed by atoms with Crippen LogP contribution in [-0.2, 0) is 4.79 Å². The van der Waals surface area contributed by atoms with Crippen molar-refractivity contribution in [1.82, 2.24) is 10.2 Å². The van der Waals surface area contributed by atoms with E-state index >= 15 is 0 Å². The fourth-order valence-corrected chi connectivity index (χ4v) is 1.68. The summed E-state index contributed by atoms with van der Waals surface area (Å²) >= 11 is 5.90. The normalized spacial score (nSPS) is 11.1. The lowest BCUT2D eigenvalue weighted by Crippen LogP contribution is -2.50. The molecule has 0 atom stereocenters. The molecular formula is C14H19ClN2O3. The Morgan fingerprint density at radius 3 is 2.50 bits per heavy atom. The second-order valence-corrected chi connectivity index (χ2v) is 5.49. The van der Waals surface area contributed by atoms with E-state index in [9.17, 15) is 14.7 Å². The molecule has 0 radical (unpaired) electrons. The van der Waals surface area contributed by atoms with E-state index in [-0.39, 0.29) is 19.1 Å². The Labute approximate surface area is 123 Å². The van der Waals surface area contributed by atoms with E-state index in [0.717, 1.165) is 0 Å². The molecule has 5 nitrogen and oxygen atoms in total. The zero-order chi connectivity index (χ0) is 15.3. The summed E-state index contributed by atoms with van der Waals surface area (Å²) in [5.41, 5.74) is -0.349. The molecule has 0 aliphatic heterocycles. The Balaban J connectivity index is 2.62. The molecule has 2 N–H and O–H groups in total. The standard InChI is InChI=1S/C14H19ClN2O3/c1-14(2,9-18)17(3)12(19)8-16-13(20)10-6-4-5-7-11(10)15/h4-7,18H,8-9H2,1-3H3,(H,16,20). The average Bonchev–Trinajstić information content (AvgIpc) is 2.44. The number of carbonyl (C=O) groups excluding carboxylic acids is 2. The summed E-state index contributed by atoms with van der Waals surface area (Å²) in [5.74, 6) is -0.691. The third kappa shape index (κ3) is 3.95. The molecule has 1 aromatic rings. The first-order valence-corrected chi connectivity index (χ1v) is 6.57. The molecule has 0 saturated carbocycles. The van der Waals surface area contributed by atoms with Crippen molar-refractivity contribution < 1.29 is 14.7 Å². The van der Waals surface area contributed by atoms with Gasteiger partial charge in [0, 0.05) is 7.05 Å². The van der Waals surface area contributed by atoms with Gasteiger partial charge in [-0.2, -0.15) is 0 Å². The molecular weight excluding hydrogens is 280 g/mol. The Bertz CT molecular complexity index is 503. The Hall–Kier alpha value is -1.59. The van der Waals surface area contributed by atoms with Gasteiger partial charge in [-0.3, -0.25) is 9.59 Å². The monoisotopic (exact) mass is 298 g/mol. The van der Waals surface area contributed by atoms with Crippen LogP contribution in [0.5, 0.6) is 0 Å². The number of hydrogen-bond acceptors (Lipinski definition) is 3. The number of likely N-dealkylation sites (N-methyl/N-ethyl adjacent to an activating group) is 1. The minimum absolute atomic E-state index is 0.149. The van der Waals surface area contributed by atoms with Gasteiger partial charge in [-0.25, -0.2) is 0 Å². The van der Waals surface area contributed by atoms with Gasteiger partial charge >= 0.3 is 0 Å². The van der Waals surface area contributed by atoms with Crippen LogP contribution in [0.25, 0.3) is 0 Å². The van der Waals surface area contributed by atoms with Gasteiger partial charge in [-0.1, -0.05) is 23.7 Å². The Morgan fingerprint density at radius 2 is 1.95 bits per heavy atom. The van der Waals surface area contributed by atoms with Crippen LogP contribution in [-0.4, -0.2) is 47.6 Å². The third-order valence-electron chi connectivity index (χ3n) is 3.19. The topological polar surface area (TPSA) is 69.6 Å². The van der Waals surface area contributed by atoms with Gasteiger partial charge in [-0.05, 0) is 26.0 Å². The minimum atomic E-state index is -0.674. The molecule has 20 heavy (non-hydrogen) atoms. The lowest BCUT2D eigenvalue weighted by atomic mass is 10.1. The number of halogens is 1. The second-order valence-electron chi connectivity index (χ2n) is 5.09. The van der Waals surface area contributed by atoms with Gasteiger partial charge in [0.1, 0.15) is 0 Å². The highest BCUT2D eigenvalue weighted by atomic mass is 35.5. The highest BCUT2D eigenvalue weighted by Crippen LogP contribution is 2.14. The summed E-state index contributed by atoms with van der Waals surface area (Å²) in [6.45, 7) is 3.17. The van der Waals surface area contributed by atoms with Crippen molar-refractivity contribution in [2.45, 2.75) is 19.4 Å². The largest absolute Gasteiger partial charge is 0.394 e. The zero-order valence-corrected chi connectivity index (χ0v) is 12.6. The van der Waals surface area contributed by atoms with Crippen molar-refractivity contribution in [3.63, 3.8) is 0 Å². The number of carbonyl (C=O) groups is 2. The molecule has 0 saturated heterocycles. The van der Waals surface area contributed by atoms with Crippen LogP contribution >= 0.6 is 11.6 Å². The number of nitrogens with zero attached hydrogens (tertiary/aromatic N) is 1. The first kappa shape index (κ1) is 16.5. The van der Waals surface area contributed by atoms with Crippen LogP contribution < -0.4 is 5.32 Å². The van der Waals surface area contributed by atoms with Crippen LogP contribution in [0.2, 0.25) is 5.02 Å². The van der Waals surface area contributed by atoms with Crippen molar-refractivity contribution >= 4 is 23.4 Å². The summed E-state index contributed by atoms with van der Waals surface area (Å²) in [4.78, 5) is 25.2. The fraction of sp³-hybridized carbons (Fsp3) is 0.429. The molecule has 1 rings (SSSR count). The average molecular weight is 299 g/mol. The Kier molecular flexibility index (Phi) is 5.53. The van der Waals surface area contributed by atoms with Crippen LogP contribution in [0.3, 0.4) is 0 Å². The molecule has 0 aliphatic carbocycles. The lowest BCUT2D eigenvalue weighted by Gasteiger charge is -2.34. The van der Waals surface area contributed by atoms with Crippen molar-refractivity contribution in [2.24, 2.45) is 0 Å². The lowest BCUT2D eigenvalue weighted by molar-refractivity contribution is -0.134. The summed E-state index contributed by atoms with van der Waals surface area (Å²) in [6.07, 6.45) is 0. The maximum Gasteiger partial charge on any atom is 0.253 e. The number of aliphatic hydroxyl groups is 1. The molecule has 1 aromatic carbocycles. The molecule has 0 fully saturated rings. The van der Waals surface area contributed by atoms with E-state index < -0.39 is 11.4 Å². The summed E-state index contributed by atoms with van der Waals surface area (Å²) in [6, 6.07) is 6.62. The number of amides is 2. The maximum atomic E-state index is 11.9. The highest BCUT2D eigenvalue weighted by molar-refractivity contribution is 6.33. The molecule has 110 valence electrons. The van der Waals surface area contributed by atoms with Crippen molar-refractivity contribution in [3.05, 3.63) is 34.9 Å². The zero-order valence-electron chi connectivity index (χ0n) is 11.8. The Morgan fingerprint density at radius 1 is 1.35 bits per heavy atom. The number of nitrogens with one attached hydrogen (secondary N) is 1. The number of hydrogen-bond donors (Lipinski definition) is 2. The first-order valence-electron chi connectivity index (χ1n) is 6.20. The van der Waals surface area contributed by atoms with Crippen molar-refractivity contribution in [3.8, 4) is 0 Å². The first-order chi connectivity index (χ1) is 9.29. The van der Waals surface area contributed by atoms with Crippen LogP contribution in [0.4, 0.5) is 0 Å². The quantitative estimate of drug-likeness (QED) is 0.861. The molecule has 0 unspecified atom stereocenters.